The lowest BCUT2D eigenvalue weighted by Crippen LogP contribution is -2.37. The van der Waals surface area contributed by atoms with Crippen LogP contribution in [0.1, 0.15) is 10.4 Å². The SMILES string of the molecule is COC(=O)c1ccc(Nc2nc(N3CCOCC3)c3ccccc3n2)cc1. The number of aromatic nitrogens is 2. The van der Waals surface area contributed by atoms with E-state index >= 15 is 0 Å². The number of carbonyl (C=O) groups is 1. The summed E-state index contributed by atoms with van der Waals surface area (Å²) < 4.78 is 10.2. The van der Waals surface area contributed by atoms with E-state index in [1.165, 1.54) is 7.11 Å². The molecule has 1 aromatic heterocycles. The Morgan fingerprint density at radius 1 is 1.07 bits per heavy atom. The van der Waals surface area contributed by atoms with E-state index in [0.717, 1.165) is 35.5 Å². The molecule has 138 valence electrons. The number of benzene rings is 2. The Kier molecular flexibility index (Phi) is 4.84. The van der Waals surface area contributed by atoms with E-state index in [-0.39, 0.29) is 5.97 Å². The van der Waals surface area contributed by atoms with Crippen LogP contribution in [-0.2, 0) is 9.47 Å². The van der Waals surface area contributed by atoms with Gasteiger partial charge in [0.15, 0.2) is 0 Å². The van der Waals surface area contributed by atoms with E-state index in [0.29, 0.717) is 24.7 Å². The van der Waals surface area contributed by atoms with Gasteiger partial charge >= 0.3 is 5.97 Å². The molecular weight excluding hydrogens is 344 g/mol. The second-order valence-corrected chi connectivity index (χ2v) is 6.18. The Morgan fingerprint density at radius 3 is 2.56 bits per heavy atom. The Balaban J connectivity index is 1.66. The lowest BCUT2D eigenvalue weighted by Gasteiger charge is -2.29. The number of hydrogen-bond acceptors (Lipinski definition) is 7. The smallest absolute Gasteiger partial charge is 0.337 e. The van der Waals surface area contributed by atoms with Gasteiger partial charge in [-0.1, -0.05) is 12.1 Å². The van der Waals surface area contributed by atoms with Crippen molar-refractivity contribution < 1.29 is 14.3 Å². The largest absolute Gasteiger partial charge is 0.465 e. The second kappa shape index (κ2) is 7.59. The highest BCUT2D eigenvalue weighted by molar-refractivity contribution is 5.91. The van der Waals surface area contributed by atoms with Gasteiger partial charge in [0, 0.05) is 24.2 Å². The van der Waals surface area contributed by atoms with Gasteiger partial charge in [0.25, 0.3) is 0 Å². The quantitative estimate of drug-likeness (QED) is 0.713. The van der Waals surface area contributed by atoms with Crippen molar-refractivity contribution in [2.45, 2.75) is 0 Å². The van der Waals surface area contributed by atoms with E-state index in [4.69, 9.17) is 14.5 Å². The number of methoxy groups -OCH3 is 1. The molecule has 27 heavy (non-hydrogen) atoms. The van der Waals surface area contributed by atoms with E-state index in [1.54, 1.807) is 24.3 Å². The van der Waals surface area contributed by atoms with Crippen LogP contribution in [0.5, 0.6) is 0 Å². The van der Waals surface area contributed by atoms with Gasteiger partial charge < -0.3 is 19.7 Å². The van der Waals surface area contributed by atoms with Crippen molar-refractivity contribution >= 4 is 34.3 Å². The average Bonchev–Trinajstić information content (AvgIpc) is 2.74. The molecule has 0 amide bonds. The highest BCUT2D eigenvalue weighted by atomic mass is 16.5. The monoisotopic (exact) mass is 364 g/mol. The van der Waals surface area contributed by atoms with Gasteiger partial charge in [-0.15, -0.1) is 0 Å². The van der Waals surface area contributed by atoms with Crippen molar-refractivity contribution in [2.75, 3.05) is 43.6 Å². The van der Waals surface area contributed by atoms with Crippen molar-refractivity contribution in [1.29, 1.82) is 0 Å². The van der Waals surface area contributed by atoms with Crippen molar-refractivity contribution in [3.63, 3.8) is 0 Å². The fourth-order valence-electron chi connectivity index (χ4n) is 3.07. The highest BCUT2D eigenvalue weighted by Gasteiger charge is 2.17. The van der Waals surface area contributed by atoms with Gasteiger partial charge in [-0.05, 0) is 36.4 Å². The predicted octanol–water partition coefficient (Wildman–Crippen LogP) is 3.00. The molecule has 2 heterocycles. The lowest BCUT2D eigenvalue weighted by molar-refractivity contribution is 0.0601. The molecule has 0 bridgehead atoms. The number of fused-ring (bicyclic) bond motifs is 1. The first kappa shape index (κ1) is 17.2. The van der Waals surface area contributed by atoms with Crippen molar-refractivity contribution in [3.8, 4) is 0 Å². The Bertz CT molecular complexity index is 953. The number of ether oxygens (including phenoxy) is 2. The summed E-state index contributed by atoms with van der Waals surface area (Å²) >= 11 is 0. The molecule has 7 heteroatoms. The first-order chi connectivity index (χ1) is 13.2. The number of nitrogens with zero attached hydrogens (tertiary/aromatic N) is 3. The molecule has 4 rings (SSSR count). The summed E-state index contributed by atoms with van der Waals surface area (Å²) in [4.78, 5) is 23.2. The molecule has 3 aromatic rings. The second-order valence-electron chi connectivity index (χ2n) is 6.18. The number of anilines is 3. The maximum atomic E-state index is 11.6. The fourth-order valence-corrected chi connectivity index (χ4v) is 3.07. The zero-order valence-electron chi connectivity index (χ0n) is 15.0. The molecule has 0 spiro atoms. The van der Waals surface area contributed by atoms with Crippen LogP contribution in [-0.4, -0.2) is 49.4 Å². The van der Waals surface area contributed by atoms with Gasteiger partial charge in [0.1, 0.15) is 5.82 Å². The number of rotatable bonds is 4. The number of morpholine rings is 1. The minimum Gasteiger partial charge on any atom is -0.465 e. The van der Waals surface area contributed by atoms with Gasteiger partial charge in [-0.25, -0.2) is 9.78 Å². The molecule has 0 unspecified atom stereocenters. The number of hydrogen-bond donors (Lipinski definition) is 1. The van der Waals surface area contributed by atoms with Crippen LogP contribution in [0, 0.1) is 0 Å². The van der Waals surface area contributed by atoms with Crippen LogP contribution in [0.15, 0.2) is 48.5 Å². The minimum absolute atomic E-state index is 0.363. The summed E-state index contributed by atoms with van der Waals surface area (Å²) in [6.07, 6.45) is 0. The molecule has 1 fully saturated rings. The Morgan fingerprint density at radius 2 is 1.81 bits per heavy atom. The normalized spacial score (nSPS) is 14.2. The van der Waals surface area contributed by atoms with Gasteiger partial charge in [0.05, 0.1) is 31.4 Å². The van der Waals surface area contributed by atoms with Crippen LogP contribution in [0.25, 0.3) is 10.9 Å². The third-order valence-corrected chi connectivity index (χ3v) is 4.46. The molecule has 1 aliphatic rings. The molecule has 1 saturated heterocycles. The van der Waals surface area contributed by atoms with Crippen LogP contribution in [0.2, 0.25) is 0 Å². The standard InChI is InChI=1S/C20H20N4O3/c1-26-19(25)14-6-8-15(9-7-14)21-20-22-17-5-3-2-4-16(17)18(23-20)24-10-12-27-13-11-24/h2-9H,10-13H2,1H3,(H,21,22,23). The summed E-state index contributed by atoms with van der Waals surface area (Å²) in [7, 11) is 1.37. The summed E-state index contributed by atoms with van der Waals surface area (Å²) in [6, 6.07) is 15.0. The molecule has 0 saturated carbocycles. The third kappa shape index (κ3) is 3.68. The predicted molar refractivity (Wildman–Crippen MR) is 104 cm³/mol. The average molecular weight is 364 g/mol. The summed E-state index contributed by atoms with van der Waals surface area (Å²) in [5.41, 5.74) is 2.17. The van der Waals surface area contributed by atoms with Crippen molar-refractivity contribution in [2.24, 2.45) is 0 Å². The van der Waals surface area contributed by atoms with Crippen LogP contribution < -0.4 is 10.2 Å². The van der Waals surface area contributed by atoms with E-state index in [9.17, 15) is 4.79 Å². The topological polar surface area (TPSA) is 76.6 Å². The van der Waals surface area contributed by atoms with Crippen molar-refractivity contribution in [1.82, 2.24) is 9.97 Å². The van der Waals surface area contributed by atoms with Crippen LogP contribution >= 0.6 is 0 Å². The first-order valence-corrected chi connectivity index (χ1v) is 8.79. The molecule has 2 aromatic carbocycles. The minimum atomic E-state index is -0.363. The van der Waals surface area contributed by atoms with Gasteiger partial charge in [0.2, 0.25) is 5.95 Å². The van der Waals surface area contributed by atoms with Crippen LogP contribution in [0.3, 0.4) is 0 Å². The molecule has 0 aliphatic carbocycles. The number of carbonyl (C=O) groups excluding carboxylic acids is 1. The molecule has 1 aliphatic heterocycles. The van der Waals surface area contributed by atoms with Gasteiger partial charge in [-0.2, -0.15) is 4.98 Å². The molecular formula is C20H20N4O3. The zero-order chi connectivity index (χ0) is 18.6. The van der Waals surface area contributed by atoms with E-state index in [2.05, 4.69) is 15.2 Å². The van der Waals surface area contributed by atoms with Crippen LogP contribution in [0.4, 0.5) is 17.5 Å². The van der Waals surface area contributed by atoms with Gasteiger partial charge in [-0.3, -0.25) is 0 Å². The highest BCUT2D eigenvalue weighted by Crippen LogP contribution is 2.27. The summed E-state index contributed by atoms with van der Waals surface area (Å²) in [6.45, 7) is 2.98. The lowest BCUT2D eigenvalue weighted by atomic mass is 10.2. The summed E-state index contributed by atoms with van der Waals surface area (Å²) in [5.74, 6) is 1.05. The van der Waals surface area contributed by atoms with E-state index < -0.39 is 0 Å². The Hall–Kier alpha value is -3.19. The molecule has 0 radical (unpaired) electrons. The van der Waals surface area contributed by atoms with E-state index in [1.807, 2.05) is 24.3 Å². The number of nitrogens with one attached hydrogen (secondary N) is 1. The number of esters is 1. The molecule has 7 nitrogen and oxygen atoms in total. The zero-order valence-corrected chi connectivity index (χ0v) is 15.0. The van der Waals surface area contributed by atoms with Crippen molar-refractivity contribution in [3.05, 3.63) is 54.1 Å². The summed E-state index contributed by atoms with van der Waals surface area (Å²) in [5, 5.41) is 4.25. The molecule has 1 N–H and O–H groups in total. The maximum absolute atomic E-state index is 11.6. The Labute approximate surface area is 156 Å². The maximum Gasteiger partial charge on any atom is 0.337 e. The number of para-hydroxylation sites is 1. The molecule has 0 atom stereocenters. The third-order valence-electron chi connectivity index (χ3n) is 4.46. The fraction of sp³-hybridized carbons (Fsp3) is 0.250. The first-order valence-electron chi connectivity index (χ1n) is 8.79.